The fraction of sp³-hybridized carbons (Fsp3) is 0.909. The monoisotopic (exact) mass is 386 g/mol. The van der Waals surface area contributed by atoms with E-state index in [-0.39, 0.29) is 12.4 Å². The zero-order valence-corrected chi connectivity index (χ0v) is 18.5. The first-order valence-corrected chi connectivity index (χ1v) is 10.9. The molecule has 5 nitrogen and oxygen atoms in total. The SMILES string of the molecule is CCCCCCCCCCC(C)CCC(=O)OC(CC(=O)O)C[N+](C)(C)C. The number of unbranched alkanes of at least 4 members (excludes halogenated alkanes) is 7. The molecule has 0 aromatic carbocycles. The molecule has 0 heterocycles. The van der Waals surface area contributed by atoms with Gasteiger partial charge in [-0.2, -0.15) is 0 Å². The molecule has 1 N–H and O–H groups in total. The minimum atomic E-state index is -0.927. The van der Waals surface area contributed by atoms with Gasteiger partial charge in [-0.05, 0) is 12.3 Å². The Morgan fingerprint density at radius 1 is 0.926 bits per heavy atom. The third-order valence-corrected chi connectivity index (χ3v) is 4.84. The molecule has 2 unspecified atom stereocenters. The van der Waals surface area contributed by atoms with Gasteiger partial charge in [-0.25, -0.2) is 0 Å². The summed E-state index contributed by atoms with van der Waals surface area (Å²) in [6.07, 6.45) is 12.2. The summed E-state index contributed by atoms with van der Waals surface area (Å²) in [5, 5.41) is 9.01. The van der Waals surface area contributed by atoms with Crippen molar-refractivity contribution in [3.63, 3.8) is 0 Å². The molecule has 0 aliphatic heterocycles. The number of ether oxygens (including phenoxy) is 1. The van der Waals surface area contributed by atoms with E-state index < -0.39 is 12.1 Å². The number of nitrogens with zero attached hydrogens (tertiary/aromatic N) is 1. The Balaban J connectivity index is 3.91. The van der Waals surface area contributed by atoms with E-state index in [4.69, 9.17) is 9.84 Å². The van der Waals surface area contributed by atoms with Gasteiger partial charge in [-0.3, -0.25) is 9.59 Å². The summed E-state index contributed by atoms with van der Waals surface area (Å²) >= 11 is 0. The Hall–Kier alpha value is -1.10. The molecule has 0 aliphatic carbocycles. The fourth-order valence-corrected chi connectivity index (χ4v) is 3.33. The van der Waals surface area contributed by atoms with Crippen molar-refractivity contribution < 1.29 is 23.9 Å². The van der Waals surface area contributed by atoms with Crippen LogP contribution >= 0.6 is 0 Å². The second-order valence-corrected chi connectivity index (χ2v) is 9.09. The van der Waals surface area contributed by atoms with Gasteiger partial charge in [0.1, 0.15) is 6.54 Å². The van der Waals surface area contributed by atoms with E-state index in [1.807, 2.05) is 21.1 Å². The third kappa shape index (κ3) is 18.0. The molecule has 2 atom stereocenters. The molecule has 0 spiro atoms. The molecule has 0 saturated carbocycles. The summed E-state index contributed by atoms with van der Waals surface area (Å²) < 4.78 is 6.01. The predicted octanol–water partition coefficient (Wildman–Crippen LogP) is 5.03. The minimum Gasteiger partial charge on any atom is -0.481 e. The van der Waals surface area contributed by atoms with Gasteiger partial charge in [-0.1, -0.05) is 71.6 Å². The molecule has 0 aliphatic rings. The number of aliphatic carboxylic acids is 1. The van der Waals surface area contributed by atoms with Crippen LogP contribution in [0.5, 0.6) is 0 Å². The molecule has 27 heavy (non-hydrogen) atoms. The van der Waals surface area contributed by atoms with Crippen LogP contribution < -0.4 is 0 Å². The maximum Gasteiger partial charge on any atom is 0.307 e. The molecular formula is C22H44NO4+. The van der Waals surface area contributed by atoms with Gasteiger partial charge in [0.2, 0.25) is 0 Å². The highest BCUT2D eigenvalue weighted by Crippen LogP contribution is 2.17. The molecule has 0 amide bonds. The molecule has 0 fully saturated rings. The largest absolute Gasteiger partial charge is 0.481 e. The first-order chi connectivity index (χ1) is 12.6. The van der Waals surface area contributed by atoms with Crippen molar-refractivity contribution in [1.29, 1.82) is 0 Å². The fourth-order valence-electron chi connectivity index (χ4n) is 3.33. The second-order valence-electron chi connectivity index (χ2n) is 9.09. The number of carbonyl (C=O) groups excluding carboxylic acids is 1. The highest BCUT2D eigenvalue weighted by Gasteiger charge is 2.24. The quantitative estimate of drug-likeness (QED) is 0.216. The number of hydrogen-bond acceptors (Lipinski definition) is 3. The maximum atomic E-state index is 12.1. The molecular weight excluding hydrogens is 342 g/mol. The molecule has 0 aromatic heterocycles. The highest BCUT2D eigenvalue weighted by molar-refractivity contribution is 5.71. The first kappa shape index (κ1) is 25.9. The van der Waals surface area contributed by atoms with E-state index in [2.05, 4.69) is 13.8 Å². The van der Waals surface area contributed by atoms with E-state index in [9.17, 15) is 9.59 Å². The topological polar surface area (TPSA) is 63.6 Å². The maximum absolute atomic E-state index is 12.1. The normalized spacial score (nSPS) is 14.0. The Labute approximate surface area is 167 Å². The van der Waals surface area contributed by atoms with E-state index in [1.54, 1.807) is 0 Å². The lowest BCUT2D eigenvalue weighted by molar-refractivity contribution is -0.873. The number of likely N-dealkylation sites (N-methyl/N-ethyl adjacent to an activating group) is 1. The molecule has 160 valence electrons. The molecule has 0 rings (SSSR count). The van der Waals surface area contributed by atoms with Gasteiger partial charge in [0.05, 0.1) is 27.6 Å². The van der Waals surface area contributed by atoms with Crippen LogP contribution in [-0.2, 0) is 14.3 Å². The summed E-state index contributed by atoms with van der Waals surface area (Å²) in [4.78, 5) is 23.1. The van der Waals surface area contributed by atoms with Crippen LogP contribution in [0.1, 0.15) is 90.9 Å². The van der Waals surface area contributed by atoms with Crippen LogP contribution in [0, 0.1) is 5.92 Å². The van der Waals surface area contributed by atoms with Crippen LogP contribution in [0.2, 0.25) is 0 Å². The number of carboxylic acid groups (broad SMARTS) is 1. The van der Waals surface area contributed by atoms with Crippen molar-refractivity contribution >= 4 is 11.9 Å². The number of hydrogen-bond donors (Lipinski definition) is 1. The molecule has 0 radical (unpaired) electrons. The minimum absolute atomic E-state index is 0.130. The second kappa shape index (κ2) is 14.9. The van der Waals surface area contributed by atoms with Gasteiger partial charge < -0.3 is 14.3 Å². The smallest absolute Gasteiger partial charge is 0.307 e. The summed E-state index contributed by atoms with van der Waals surface area (Å²) in [6, 6.07) is 0. The number of carbonyl (C=O) groups is 2. The van der Waals surface area contributed by atoms with Crippen LogP contribution in [0.3, 0.4) is 0 Å². The average molecular weight is 387 g/mol. The predicted molar refractivity (Wildman–Crippen MR) is 111 cm³/mol. The van der Waals surface area contributed by atoms with Gasteiger partial charge in [0.15, 0.2) is 6.10 Å². The van der Waals surface area contributed by atoms with Crippen LogP contribution in [0.4, 0.5) is 0 Å². The first-order valence-electron chi connectivity index (χ1n) is 10.9. The van der Waals surface area contributed by atoms with Crippen molar-refractivity contribution in [2.45, 2.75) is 97.0 Å². The zero-order chi connectivity index (χ0) is 20.7. The van der Waals surface area contributed by atoms with Gasteiger partial charge in [-0.15, -0.1) is 0 Å². The number of esters is 1. The Bertz CT molecular complexity index is 404. The summed E-state index contributed by atoms with van der Waals surface area (Å²) in [7, 11) is 5.90. The number of rotatable bonds is 17. The average Bonchev–Trinajstić information content (AvgIpc) is 2.53. The standard InChI is InChI=1S/C22H43NO4/c1-6-7-8-9-10-11-12-13-14-19(2)15-16-22(26)27-20(17-21(24)25)18-23(3,4)5/h19-20H,6-18H2,1-5H3/p+1. The third-order valence-electron chi connectivity index (χ3n) is 4.84. The summed E-state index contributed by atoms with van der Waals surface area (Å²) in [5.74, 6) is -0.684. The Kier molecular flexibility index (Phi) is 14.3. The molecule has 0 saturated heterocycles. The number of carboxylic acids is 1. The highest BCUT2D eigenvalue weighted by atomic mass is 16.5. The Morgan fingerprint density at radius 2 is 1.48 bits per heavy atom. The Morgan fingerprint density at radius 3 is 2.00 bits per heavy atom. The van der Waals surface area contributed by atoms with Crippen LogP contribution in [0.15, 0.2) is 0 Å². The van der Waals surface area contributed by atoms with Crippen molar-refractivity contribution in [3.8, 4) is 0 Å². The summed E-state index contributed by atoms with van der Waals surface area (Å²) in [5.41, 5.74) is 0. The molecule has 5 heteroatoms. The lowest BCUT2D eigenvalue weighted by Gasteiger charge is -2.28. The van der Waals surface area contributed by atoms with Crippen LogP contribution in [-0.4, -0.2) is 55.3 Å². The van der Waals surface area contributed by atoms with Crippen molar-refractivity contribution in [3.05, 3.63) is 0 Å². The van der Waals surface area contributed by atoms with Crippen molar-refractivity contribution in [1.82, 2.24) is 0 Å². The van der Waals surface area contributed by atoms with Crippen molar-refractivity contribution in [2.75, 3.05) is 27.7 Å². The van der Waals surface area contributed by atoms with E-state index in [0.29, 0.717) is 23.4 Å². The van der Waals surface area contributed by atoms with E-state index in [1.165, 1.54) is 51.4 Å². The lowest BCUT2D eigenvalue weighted by Crippen LogP contribution is -2.43. The van der Waals surface area contributed by atoms with Crippen molar-refractivity contribution in [2.24, 2.45) is 5.92 Å². The zero-order valence-electron chi connectivity index (χ0n) is 18.5. The number of quaternary nitrogens is 1. The van der Waals surface area contributed by atoms with Crippen LogP contribution in [0.25, 0.3) is 0 Å². The van der Waals surface area contributed by atoms with Gasteiger partial charge in [0, 0.05) is 6.42 Å². The van der Waals surface area contributed by atoms with Gasteiger partial charge >= 0.3 is 11.9 Å². The van der Waals surface area contributed by atoms with E-state index >= 15 is 0 Å². The van der Waals surface area contributed by atoms with Gasteiger partial charge in [0.25, 0.3) is 0 Å². The van der Waals surface area contributed by atoms with E-state index in [0.717, 1.165) is 12.8 Å². The molecule has 0 aromatic rings. The lowest BCUT2D eigenvalue weighted by atomic mass is 9.97. The summed E-state index contributed by atoms with van der Waals surface area (Å²) in [6.45, 7) is 4.94. The molecule has 0 bridgehead atoms.